The lowest BCUT2D eigenvalue weighted by molar-refractivity contribution is -0.115. The Morgan fingerprint density at radius 1 is 1.05 bits per heavy atom. The SMILES string of the molecule is O=C(CCSc1ccccc1)Nc1cccc(Cl)c1Cl. The third-order valence-corrected chi connectivity index (χ3v) is 4.40. The van der Waals surface area contributed by atoms with Crippen LogP contribution in [-0.2, 0) is 4.79 Å². The van der Waals surface area contributed by atoms with Crippen LogP contribution in [0.3, 0.4) is 0 Å². The van der Waals surface area contributed by atoms with Crippen molar-refractivity contribution < 1.29 is 4.79 Å². The van der Waals surface area contributed by atoms with Gasteiger partial charge >= 0.3 is 0 Å². The van der Waals surface area contributed by atoms with E-state index in [9.17, 15) is 4.79 Å². The van der Waals surface area contributed by atoms with Gasteiger partial charge in [-0.25, -0.2) is 0 Å². The van der Waals surface area contributed by atoms with Crippen molar-refractivity contribution in [3.8, 4) is 0 Å². The maximum Gasteiger partial charge on any atom is 0.225 e. The standard InChI is InChI=1S/C15H13Cl2NOS/c16-12-7-4-8-13(15(12)17)18-14(19)9-10-20-11-5-2-1-3-6-11/h1-8H,9-10H2,(H,18,19). The lowest BCUT2D eigenvalue weighted by Crippen LogP contribution is -2.12. The van der Waals surface area contributed by atoms with Gasteiger partial charge in [-0.1, -0.05) is 47.5 Å². The first-order chi connectivity index (χ1) is 9.66. The van der Waals surface area contributed by atoms with Crippen LogP contribution in [0, 0.1) is 0 Å². The Hall–Kier alpha value is -1.16. The molecule has 5 heteroatoms. The van der Waals surface area contributed by atoms with E-state index >= 15 is 0 Å². The molecule has 2 aromatic carbocycles. The third kappa shape index (κ3) is 4.44. The smallest absolute Gasteiger partial charge is 0.225 e. The van der Waals surface area contributed by atoms with Gasteiger partial charge in [0.25, 0.3) is 0 Å². The zero-order valence-corrected chi connectivity index (χ0v) is 12.9. The summed E-state index contributed by atoms with van der Waals surface area (Å²) in [4.78, 5) is 13.0. The van der Waals surface area contributed by atoms with Crippen LogP contribution in [-0.4, -0.2) is 11.7 Å². The molecule has 0 unspecified atom stereocenters. The number of hydrogen-bond donors (Lipinski definition) is 1. The van der Waals surface area contributed by atoms with Gasteiger partial charge in [0.15, 0.2) is 0 Å². The molecular formula is C15H13Cl2NOS. The second-order valence-electron chi connectivity index (χ2n) is 4.06. The molecule has 0 aliphatic rings. The lowest BCUT2D eigenvalue weighted by atomic mass is 10.3. The van der Waals surface area contributed by atoms with E-state index in [0.29, 0.717) is 27.9 Å². The predicted molar refractivity (Wildman–Crippen MR) is 86.9 cm³/mol. The number of amides is 1. The summed E-state index contributed by atoms with van der Waals surface area (Å²) >= 11 is 13.6. The minimum absolute atomic E-state index is 0.0717. The number of rotatable bonds is 5. The molecular weight excluding hydrogens is 313 g/mol. The molecule has 2 rings (SSSR count). The highest BCUT2D eigenvalue weighted by Gasteiger charge is 2.08. The van der Waals surface area contributed by atoms with Crippen molar-refractivity contribution in [2.24, 2.45) is 0 Å². The fourth-order valence-corrected chi connectivity index (χ4v) is 2.81. The molecule has 2 aromatic rings. The van der Waals surface area contributed by atoms with Crippen molar-refractivity contribution in [1.29, 1.82) is 0 Å². The molecule has 0 aromatic heterocycles. The van der Waals surface area contributed by atoms with E-state index < -0.39 is 0 Å². The number of carbonyl (C=O) groups excluding carboxylic acids is 1. The van der Waals surface area contributed by atoms with Gasteiger partial charge in [-0.3, -0.25) is 4.79 Å². The van der Waals surface area contributed by atoms with E-state index in [2.05, 4.69) is 5.32 Å². The summed E-state index contributed by atoms with van der Waals surface area (Å²) in [6.07, 6.45) is 0.419. The Labute approximate surface area is 132 Å². The van der Waals surface area contributed by atoms with Gasteiger partial charge in [0.05, 0.1) is 15.7 Å². The van der Waals surface area contributed by atoms with Crippen molar-refractivity contribution in [3.05, 3.63) is 58.6 Å². The minimum atomic E-state index is -0.0717. The largest absolute Gasteiger partial charge is 0.325 e. The van der Waals surface area contributed by atoms with E-state index in [1.54, 1.807) is 30.0 Å². The summed E-state index contributed by atoms with van der Waals surface area (Å²) in [5.41, 5.74) is 0.550. The van der Waals surface area contributed by atoms with E-state index in [0.717, 1.165) is 4.90 Å². The fraction of sp³-hybridized carbons (Fsp3) is 0.133. The van der Waals surface area contributed by atoms with Crippen LogP contribution in [0.15, 0.2) is 53.4 Å². The molecule has 1 amide bonds. The molecule has 20 heavy (non-hydrogen) atoms. The summed E-state index contributed by atoms with van der Waals surface area (Å²) in [5.74, 6) is 0.645. The normalized spacial score (nSPS) is 10.3. The molecule has 2 nitrogen and oxygen atoms in total. The number of nitrogens with one attached hydrogen (secondary N) is 1. The molecule has 0 aliphatic heterocycles. The average Bonchev–Trinajstić information content (AvgIpc) is 2.45. The monoisotopic (exact) mass is 325 g/mol. The molecule has 0 spiro atoms. The Kier molecular flexibility index (Phi) is 5.77. The van der Waals surface area contributed by atoms with Crippen LogP contribution in [0.1, 0.15) is 6.42 Å². The summed E-state index contributed by atoms with van der Waals surface area (Å²) in [5, 5.41) is 3.58. The predicted octanol–water partition coefficient (Wildman–Crippen LogP) is 5.11. The first kappa shape index (κ1) is 15.2. The highest BCUT2D eigenvalue weighted by atomic mass is 35.5. The molecule has 0 radical (unpaired) electrons. The van der Waals surface area contributed by atoms with Gasteiger partial charge < -0.3 is 5.32 Å². The Bertz CT molecular complexity index is 590. The van der Waals surface area contributed by atoms with Gasteiger partial charge in [0.2, 0.25) is 5.91 Å². The molecule has 1 N–H and O–H groups in total. The number of hydrogen-bond acceptors (Lipinski definition) is 2. The topological polar surface area (TPSA) is 29.1 Å². The van der Waals surface area contributed by atoms with Crippen LogP contribution >= 0.6 is 35.0 Å². The third-order valence-electron chi connectivity index (χ3n) is 2.57. The number of benzene rings is 2. The maximum absolute atomic E-state index is 11.8. The molecule has 0 fully saturated rings. The van der Waals surface area contributed by atoms with Crippen molar-refractivity contribution >= 4 is 46.6 Å². The van der Waals surface area contributed by atoms with Gasteiger partial charge in [-0.2, -0.15) is 0 Å². The summed E-state index contributed by atoms with van der Waals surface area (Å²) in [6, 6.07) is 15.1. The minimum Gasteiger partial charge on any atom is -0.325 e. The molecule has 0 saturated heterocycles. The maximum atomic E-state index is 11.8. The van der Waals surface area contributed by atoms with E-state index in [1.165, 1.54) is 0 Å². The van der Waals surface area contributed by atoms with Crippen LogP contribution in [0.25, 0.3) is 0 Å². The van der Waals surface area contributed by atoms with Crippen LogP contribution in [0.2, 0.25) is 10.0 Å². The highest BCUT2D eigenvalue weighted by molar-refractivity contribution is 7.99. The van der Waals surface area contributed by atoms with E-state index in [4.69, 9.17) is 23.2 Å². The van der Waals surface area contributed by atoms with Crippen molar-refractivity contribution in [2.45, 2.75) is 11.3 Å². The first-order valence-electron chi connectivity index (χ1n) is 6.08. The second kappa shape index (κ2) is 7.58. The average molecular weight is 326 g/mol. The zero-order valence-electron chi connectivity index (χ0n) is 10.6. The zero-order chi connectivity index (χ0) is 14.4. The van der Waals surface area contributed by atoms with Gasteiger partial charge in [-0.15, -0.1) is 11.8 Å². The summed E-state index contributed by atoms with van der Waals surface area (Å²) in [7, 11) is 0. The van der Waals surface area contributed by atoms with Crippen LogP contribution in [0.5, 0.6) is 0 Å². The quantitative estimate of drug-likeness (QED) is 0.773. The van der Waals surface area contributed by atoms with Gasteiger partial charge in [0.1, 0.15) is 0 Å². The van der Waals surface area contributed by atoms with Gasteiger partial charge in [-0.05, 0) is 24.3 Å². The van der Waals surface area contributed by atoms with E-state index in [1.807, 2.05) is 30.3 Å². The first-order valence-corrected chi connectivity index (χ1v) is 7.82. The Morgan fingerprint density at radius 2 is 1.80 bits per heavy atom. The Morgan fingerprint density at radius 3 is 2.55 bits per heavy atom. The second-order valence-corrected chi connectivity index (χ2v) is 6.01. The number of halogens is 2. The molecule has 0 aliphatic carbocycles. The summed E-state index contributed by atoms with van der Waals surface area (Å²) in [6.45, 7) is 0. The molecule has 0 bridgehead atoms. The number of thioether (sulfide) groups is 1. The molecule has 0 saturated carbocycles. The van der Waals surface area contributed by atoms with Crippen molar-refractivity contribution in [2.75, 3.05) is 11.1 Å². The van der Waals surface area contributed by atoms with Gasteiger partial charge in [0, 0.05) is 17.1 Å². The summed E-state index contributed by atoms with van der Waals surface area (Å²) < 4.78 is 0. The molecule has 104 valence electrons. The fourth-order valence-electron chi connectivity index (χ4n) is 1.59. The van der Waals surface area contributed by atoms with Crippen molar-refractivity contribution in [3.63, 3.8) is 0 Å². The molecule has 0 heterocycles. The highest BCUT2D eigenvalue weighted by Crippen LogP contribution is 2.29. The van der Waals surface area contributed by atoms with Crippen molar-refractivity contribution in [1.82, 2.24) is 0 Å². The number of carbonyl (C=O) groups is 1. The van der Waals surface area contributed by atoms with E-state index in [-0.39, 0.29) is 5.91 Å². The number of anilines is 1. The van der Waals surface area contributed by atoms with Crippen LogP contribution < -0.4 is 5.32 Å². The molecule has 0 atom stereocenters. The van der Waals surface area contributed by atoms with Crippen LogP contribution in [0.4, 0.5) is 5.69 Å². The lowest BCUT2D eigenvalue weighted by Gasteiger charge is -2.08. The Balaban J connectivity index is 1.82.